The van der Waals surface area contributed by atoms with E-state index in [9.17, 15) is 4.79 Å². The molecule has 0 bridgehead atoms. The molecule has 3 aromatic rings. The van der Waals surface area contributed by atoms with Crippen molar-refractivity contribution in [2.24, 2.45) is 0 Å². The van der Waals surface area contributed by atoms with Crippen molar-refractivity contribution in [3.05, 3.63) is 59.0 Å². The van der Waals surface area contributed by atoms with Crippen LogP contribution in [0.2, 0.25) is 5.02 Å². The lowest BCUT2D eigenvalue weighted by Crippen LogP contribution is -2.36. The van der Waals surface area contributed by atoms with Crippen LogP contribution in [0.5, 0.6) is 5.75 Å². The van der Waals surface area contributed by atoms with E-state index in [-0.39, 0.29) is 12.1 Å². The SMILES string of the molecule is CC(C)(C)OC(=O)N1CCC[C@H]1c1ncc(-c2ccc3c(c2)OCc2cc(Cl)ccc2-3)[nH]1. The van der Waals surface area contributed by atoms with Gasteiger partial charge in [0.05, 0.1) is 17.9 Å². The van der Waals surface area contributed by atoms with Crippen molar-refractivity contribution in [2.45, 2.75) is 51.9 Å². The summed E-state index contributed by atoms with van der Waals surface area (Å²) in [5.41, 5.74) is 4.65. The van der Waals surface area contributed by atoms with Crippen LogP contribution in [0.4, 0.5) is 4.79 Å². The number of carbonyl (C=O) groups is 1. The molecule has 1 aromatic heterocycles. The van der Waals surface area contributed by atoms with Crippen LogP contribution in [0.25, 0.3) is 22.4 Å². The van der Waals surface area contributed by atoms with E-state index in [0.717, 1.165) is 52.4 Å². The molecule has 1 amide bonds. The molecule has 2 aromatic carbocycles. The van der Waals surface area contributed by atoms with E-state index in [1.807, 2.05) is 51.2 Å². The fourth-order valence-electron chi connectivity index (χ4n) is 4.37. The average Bonchev–Trinajstić information content (AvgIpc) is 3.41. The zero-order valence-electron chi connectivity index (χ0n) is 18.4. The smallest absolute Gasteiger partial charge is 0.410 e. The number of rotatable bonds is 2. The number of nitrogens with one attached hydrogen (secondary N) is 1. The largest absolute Gasteiger partial charge is 0.488 e. The van der Waals surface area contributed by atoms with E-state index < -0.39 is 5.60 Å². The number of aromatic amines is 1. The lowest BCUT2D eigenvalue weighted by molar-refractivity contribution is 0.0218. The van der Waals surface area contributed by atoms with Crippen molar-refractivity contribution in [2.75, 3.05) is 6.54 Å². The number of aromatic nitrogens is 2. The fourth-order valence-corrected chi connectivity index (χ4v) is 4.57. The number of imidazole rings is 1. The second-order valence-electron chi connectivity index (χ2n) is 9.31. The van der Waals surface area contributed by atoms with Crippen molar-refractivity contribution >= 4 is 17.7 Å². The molecule has 0 unspecified atom stereocenters. The summed E-state index contributed by atoms with van der Waals surface area (Å²) < 4.78 is 11.6. The molecule has 1 fully saturated rings. The van der Waals surface area contributed by atoms with Crippen molar-refractivity contribution in [1.82, 2.24) is 14.9 Å². The molecule has 3 heterocycles. The Labute approximate surface area is 192 Å². The molecule has 2 aliphatic heterocycles. The first-order valence-corrected chi connectivity index (χ1v) is 11.3. The third kappa shape index (κ3) is 3.95. The average molecular weight is 452 g/mol. The Balaban J connectivity index is 1.40. The Bertz CT molecular complexity index is 1180. The highest BCUT2D eigenvalue weighted by molar-refractivity contribution is 6.30. The second-order valence-corrected chi connectivity index (χ2v) is 9.75. The first kappa shape index (κ1) is 20.9. The van der Waals surface area contributed by atoms with Crippen LogP contribution >= 0.6 is 11.6 Å². The lowest BCUT2D eigenvalue weighted by Gasteiger charge is -2.27. The number of hydrogen-bond donors (Lipinski definition) is 1. The van der Waals surface area contributed by atoms with E-state index >= 15 is 0 Å². The van der Waals surface area contributed by atoms with Crippen molar-refractivity contribution in [1.29, 1.82) is 0 Å². The Morgan fingerprint density at radius 3 is 2.84 bits per heavy atom. The quantitative estimate of drug-likeness (QED) is 0.492. The maximum Gasteiger partial charge on any atom is 0.410 e. The van der Waals surface area contributed by atoms with Gasteiger partial charge >= 0.3 is 6.09 Å². The van der Waals surface area contributed by atoms with E-state index in [1.165, 1.54) is 0 Å². The predicted molar refractivity (Wildman–Crippen MR) is 124 cm³/mol. The number of hydrogen-bond acceptors (Lipinski definition) is 4. The zero-order valence-corrected chi connectivity index (χ0v) is 19.2. The van der Waals surface area contributed by atoms with Crippen LogP contribution in [0.3, 0.4) is 0 Å². The Kier molecular flexibility index (Phi) is 5.13. The van der Waals surface area contributed by atoms with Gasteiger partial charge in [-0.3, -0.25) is 4.90 Å². The van der Waals surface area contributed by atoms with Gasteiger partial charge in [0.15, 0.2) is 0 Å². The van der Waals surface area contributed by atoms with Gasteiger partial charge < -0.3 is 14.5 Å². The number of H-pyrrole nitrogens is 1. The van der Waals surface area contributed by atoms with Gasteiger partial charge in [-0.05, 0) is 69.0 Å². The maximum atomic E-state index is 12.6. The minimum absolute atomic E-state index is 0.107. The summed E-state index contributed by atoms with van der Waals surface area (Å²) in [5.74, 6) is 1.62. The van der Waals surface area contributed by atoms with Gasteiger partial charge in [0.2, 0.25) is 0 Å². The number of halogens is 1. The van der Waals surface area contributed by atoms with Crippen molar-refractivity contribution in [3.63, 3.8) is 0 Å². The zero-order chi connectivity index (χ0) is 22.5. The second kappa shape index (κ2) is 7.85. The van der Waals surface area contributed by atoms with E-state index in [1.54, 1.807) is 4.90 Å². The van der Waals surface area contributed by atoms with Gasteiger partial charge in [-0.25, -0.2) is 9.78 Å². The third-order valence-electron chi connectivity index (χ3n) is 5.83. The summed E-state index contributed by atoms with van der Waals surface area (Å²) in [6.45, 7) is 6.81. The van der Waals surface area contributed by atoms with Gasteiger partial charge in [0.1, 0.15) is 23.8 Å². The highest BCUT2D eigenvalue weighted by atomic mass is 35.5. The molecule has 0 aliphatic carbocycles. The van der Waals surface area contributed by atoms with E-state index in [4.69, 9.17) is 21.1 Å². The molecule has 32 heavy (non-hydrogen) atoms. The summed E-state index contributed by atoms with van der Waals surface area (Å²) in [5, 5.41) is 0.713. The van der Waals surface area contributed by atoms with Crippen LogP contribution in [0, 0.1) is 0 Å². The lowest BCUT2D eigenvalue weighted by atomic mass is 9.95. The van der Waals surface area contributed by atoms with Gasteiger partial charge in [-0.1, -0.05) is 23.7 Å². The van der Waals surface area contributed by atoms with E-state index in [2.05, 4.69) is 22.1 Å². The number of amides is 1. The van der Waals surface area contributed by atoms with Crippen LogP contribution < -0.4 is 4.74 Å². The van der Waals surface area contributed by atoms with Crippen LogP contribution in [0.1, 0.15) is 51.0 Å². The van der Waals surface area contributed by atoms with Crippen molar-refractivity contribution in [3.8, 4) is 28.1 Å². The van der Waals surface area contributed by atoms with Gasteiger partial charge in [-0.2, -0.15) is 0 Å². The summed E-state index contributed by atoms with van der Waals surface area (Å²) in [6, 6.07) is 11.9. The minimum Gasteiger partial charge on any atom is -0.488 e. The standard InChI is InChI=1S/C25H26ClN3O3/c1-25(2,3)32-24(30)29-10-4-5-21(29)23-27-13-20(28-23)15-6-8-19-18-9-7-17(26)11-16(18)14-31-22(19)12-15/h6-9,11-13,21H,4-5,10,14H2,1-3H3,(H,27,28)/t21-/m0/s1. The predicted octanol–water partition coefficient (Wildman–Crippen LogP) is 6.36. The normalized spacial score (nSPS) is 17.5. The van der Waals surface area contributed by atoms with Crippen LogP contribution in [0.15, 0.2) is 42.6 Å². The number of likely N-dealkylation sites (tertiary alicyclic amines) is 1. The molecule has 0 saturated carbocycles. The number of benzene rings is 2. The number of ether oxygens (including phenoxy) is 2. The highest BCUT2D eigenvalue weighted by Gasteiger charge is 2.35. The number of carbonyl (C=O) groups excluding carboxylic acids is 1. The fraction of sp³-hybridized carbons (Fsp3) is 0.360. The van der Waals surface area contributed by atoms with Gasteiger partial charge in [0.25, 0.3) is 0 Å². The molecule has 5 rings (SSSR count). The highest BCUT2D eigenvalue weighted by Crippen LogP contribution is 2.41. The summed E-state index contributed by atoms with van der Waals surface area (Å²) in [7, 11) is 0. The molecule has 6 nitrogen and oxygen atoms in total. The third-order valence-corrected chi connectivity index (χ3v) is 6.06. The molecular formula is C25H26ClN3O3. The van der Waals surface area contributed by atoms with Crippen LogP contribution in [-0.2, 0) is 11.3 Å². The van der Waals surface area contributed by atoms with Crippen molar-refractivity contribution < 1.29 is 14.3 Å². The molecular weight excluding hydrogens is 426 g/mol. The summed E-state index contributed by atoms with van der Waals surface area (Å²) in [6.07, 6.45) is 3.31. The van der Waals surface area contributed by atoms with Crippen LogP contribution in [-0.4, -0.2) is 33.1 Å². The minimum atomic E-state index is -0.522. The molecule has 2 aliphatic rings. The maximum absolute atomic E-state index is 12.6. The molecule has 0 spiro atoms. The first-order valence-electron chi connectivity index (χ1n) is 10.9. The molecule has 1 N–H and O–H groups in total. The Morgan fingerprint density at radius 1 is 1.22 bits per heavy atom. The molecule has 1 saturated heterocycles. The Hall–Kier alpha value is -2.99. The molecule has 7 heteroatoms. The monoisotopic (exact) mass is 451 g/mol. The number of nitrogens with zero attached hydrogens (tertiary/aromatic N) is 2. The molecule has 0 radical (unpaired) electrons. The number of fused-ring (bicyclic) bond motifs is 3. The molecule has 1 atom stereocenters. The summed E-state index contributed by atoms with van der Waals surface area (Å²) in [4.78, 5) is 22.4. The first-order chi connectivity index (χ1) is 15.3. The topological polar surface area (TPSA) is 67.4 Å². The molecule has 166 valence electrons. The summed E-state index contributed by atoms with van der Waals surface area (Å²) >= 11 is 6.13. The Morgan fingerprint density at radius 2 is 2.03 bits per heavy atom. The van der Waals surface area contributed by atoms with Gasteiger partial charge in [-0.15, -0.1) is 0 Å². The van der Waals surface area contributed by atoms with E-state index in [0.29, 0.717) is 18.2 Å². The van der Waals surface area contributed by atoms with Gasteiger partial charge in [0, 0.05) is 22.7 Å².